The second-order valence-corrected chi connectivity index (χ2v) is 5.08. The van der Waals surface area contributed by atoms with Crippen LogP contribution in [0, 0.1) is 11.3 Å². The molecule has 1 amide bonds. The zero-order valence-electron chi connectivity index (χ0n) is 12.5. The maximum Gasteiger partial charge on any atom is 0.225 e. The van der Waals surface area contributed by atoms with Gasteiger partial charge < -0.3 is 10.6 Å². The third kappa shape index (κ3) is 4.72. The Hall–Kier alpha value is -2.64. The van der Waals surface area contributed by atoms with Crippen molar-refractivity contribution < 1.29 is 4.79 Å². The molecule has 1 unspecified atom stereocenters. The lowest BCUT2D eigenvalue weighted by Crippen LogP contribution is -2.24. The molecule has 4 nitrogen and oxygen atoms in total. The standard InChI is InChI=1S/C18H19N3O/c1-14(16-7-3-2-4-8-16)20-11-10-18(22)21-17-9-5-6-15(12-17)13-19/h2-9,12,14,20H,10-11H2,1H3,(H,21,22). The van der Waals surface area contributed by atoms with Crippen molar-refractivity contribution >= 4 is 11.6 Å². The Labute approximate surface area is 130 Å². The van der Waals surface area contributed by atoms with Crippen LogP contribution in [0.15, 0.2) is 54.6 Å². The van der Waals surface area contributed by atoms with Crippen LogP contribution in [-0.4, -0.2) is 12.5 Å². The van der Waals surface area contributed by atoms with E-state index in [-0.39, 0.29) is 11.9 Å². The molecular weight excluding hydrogens is 274 g/mol. The average molecular weight is 293 g/mol. The Kier molecular flexibility index (Phi) is 5.70. The van der Waals surface area contributed by atoms with Gasteiger partial charge in [0.2, 0.25) is 5.91 Å². The number of hydrogen-bond donors (Lipinski definition) is 2. The molecule has 0 aliphatic rings. The lowest BCUT2D eigenvalue weighted by atomic mass is 10.1. The quantitative estimate of drug-likeness (QED) is 0.859. The number of carbonyl (C=O) groups excluding carboxylic acids is 1. The van der Waals surface area contributed by atoms with E-state index in [1.54, 1.807) is 24.3 Å². The number of hydrogen-bond acceptors (Lipinski definition) is 3. The Morgan fingerprint density at radius 2 is 1.95 bits per heavy atom. The molecule has 0 aromatic heterocycles. The number of rotatable bonds is 6. The summed E-state index contributed by atoms with van der Waals surface area (Å²) in [6, 6.07) is 19.3. The van der Waals surface area contributed by atoms with Gasteiger partial charge in [0.15, 0.2) is 0 Å². The predicted octanol–water partition coefficient (Wildman–Crippen LogP) is 3.24. The van der Waals surface area contributed by atoms with Gasteiger partial charge in [-0.1, -0.05) is 36.4 Å². The van der Waals surface area contributed by atoms with Crippen molar-refractivity contribution in [2.24, 2.45) is 0 Å². The van der Waals surface area contributed by atoms with Crippen LogP contribution in [0.4, 0.5) is 5.69 Å². The molecule has 22 heavy (non-hydrogen) atoms. The Morgan fingerprint density at radius 1 is 1.18 bits per heavy atom. The summed E-state index contributed by atoms with van der Waals surface area (Å²) in [5.41, 5.74) is 2.39. The fourth-order valence-corrected chi connectivity index (χ4v) is 2.15. The number of nitrogens with one attached hydrogen (secondary N) is 2. The van der Waals surface area contributed by atoms with Gasteiger partial charge in [-0.2, -0.15) is 5.26 Å². The van der Waals surface area contributed by atoms with Crippen LogP contribution in [-0.2, 0) is 4.79 Å². The van der Waals surface area contributed by atoms with Crippen molar-refractivity contribution in [1.29, 1.82) is 5.26 Å². The van der Waals surface area contributed by atoms with Gasteiger partial charge in [-0.3, -0.25) is 4.79 Å². The van der Waals surface area contributed by atoms with Crippen LogP contribution >= 0.6 is 0 Å². The summed E-state index contributed by atoms with van der Waals surface area (Å²) in [6.07, 6.45) is 0.383. The number of benzene rings is 2. The summed E-state index contributed by atoms with van der Waals surface area (Å²) in [7, 11) is 0. The van der Waals surface area contributed by atoms with E-state index in [4.69, 9.17) is 5.26 Å². The summed E-state index contributed by atoms with van der Waals surface area (Å²) in [6.45, 7) is 2.67. The summed E-state index contributed by atoms with van der Waals surface area (Å²) in [5, 5.41) is 15.0. The molecule has 0 spiro atoms. The molecular formula is C18H19N3O. The van der Waals surface area contributed by atoms with E-state index >= 15 is 0 Å². The van der Waals surface area contributed by atoms with E-state index in [9.17, 15) is 4.79 Å². The lowest BCUT2D eigenvalue weighted by Gasteiger charge is -2.14. The highest BCUT2D eigenvalue weighted by Gasteiger charge is 2.06. The van der Waals surface area contributed by atoms with E-state index < -0.39 is 0 Å². The summed E-state index contributed by atoms with van der Waals surface area (Å²) >= 11 is 0. The molecule has 0 heterocycles. The van der Waals surface area contributed by atoms with E-state index in [2.05, 4.69) is 35.8 Å². The number of amides is 1. The fourth-order valence-electron chi connectivity index (χ4n) is 2.15. The topological polar surface area (TPSA) is 64.9 Å². The molecule has 2 aromatic rings. The summed E-state index contributed by atoms with van der Waals surface area (Å²) < 4.78 is 0. The molecule has 4 heteroatoms. The van der Waals surface area contributed by atoms with Gasteiger partial charge >= 0.3 is 0 Å². The van der Waals surface area contributed by atoms with Gasteiger partial charge in [-0.05, 0) is 30.7 Å². The number of nitriles is 1. The minimum absolute atomic E-state index is 0.0668. The van der Waals surface area contributed by atoms with Crippen LogP contribution in [0.25, 0.3) is 0 Å². The minimum atomic E-state index is -0.0668. The first-order valence-electron chi connectivity index (χ1n) is 7.27. The molecule has 2 aromatic carbocycles. The third-order valence-electron chi connectivity index (χ3n) is 3.38. The van der Waals surface area contributed by atoms with Crippen LogP contribution < -0.4 is 10.6 Å². The number of anilines is 1. The highest BCUT2D eigenvalue weighted by Crippen LogP contribution is 2.12. The van der Waals surface area contributed by atoms with Gasteiger partial charge in [0.25, 0.3) is 0 Å². The Morgan fingerprint density at radius 3 is 2.68 bits per heavy atom. The maximum absolute atomic E-state index is 11.9. The SMILES string of the molecule is CC(NCCC(=O)Nc1cccc(C#N)c1)c1ccccc1. The van der Waals surface area contributed by atoms with Crippen molar-refractivity contribution in [3.8, 4) is 6.07 Å². The molecule has 0 fully saturated rings. The van der Waals surface area contributed by atoms with Gasteiger partial charge in [0.05, 0.1) is 11.6 Å². The van der Waals surface area contributed by atoms with Gasteiger partial charge in [0, 0.05) is 24.7 Å². The van der Waals surface area contributed by atoms with Crippen LogP contribution in [0.5, 0.6) is 0 Å². The number of nitrogens with zero attached hydrogens (tertiary/aromatic N) is 1. The second-order valence-electron chi connectivity index (χ2n) is 5.08. The van der Waals surface area contributed by atoms with E-state index in [0.717, 1.165) is 0 Å². The van der Waals surface area contributed by atoms with E-state index in [1.807, 2.05) is 18.2 Å². The molecule has 0 radical (unpaired) electrons. The molecule has 0 saturated heterocycles. The van der Waals surface area contributed by atoms with Crippen LogP contribution in [0.1, 0.15) is 30.5 Å². The molecule has 2 rings (SSSR count). The third-order valence-corrected chi connectivity index (χ3v) is 3.38. The molecule has 0 bridgehead atoms. The zero-order chi connectivity index (χ0) is 15.8. The molecule has 1 atom stereocenters. The van der Waals surface area contributed by atoms with Crippen molar-refractivity contribution in [2.45, 2.75) is 19.4 Å². The lowest BCUT2D eigenvalue weighted by molar-refractivity contribution is -0.116. The smallest absolute Gasteiger partial charge is 0.225 e. The Balaban J connectivity index is 1.77. The number of carbonyl (C=O) groups is 1. The highest BCUT2D eigenvalue weighted by molar-refractivity contribution is 5.90. The predicted molar refractivity (Wildman–Crippen MR) is 87.3 cm³/mol. The Bertz CT molecular complexity index is 662. The van der Waals surface area contributed by atoms with E-state index in [0.29, 0.717) is 24.2 Å². The van der Waals surface area contributed by atoms with Crippen molar-refractivity contribution in [1.82, 2.24) is 5.32 Å². The van der Waals surface area contributed by atoms with Crippen LogP contribution in [0.3, 0.4) is 0 Å². The van der Waals surface area contributed by atoms with E-state index in [1.165, 1.54) is 5.56 Å². The van der Waals surface area contributed by atoms with Gasteiger partial charge in [-0.15, -0.1) is 0 Å². The van der Waals surface area contributed by atoms with Crippen LogP contribution in [0.2, 0.25) is 0 Å². The first-order valence-corrected chi connectivity index (χ1v) is 7.27. The fraction of sp³-hybridized carbons (Fsp3) is 0.222. The molecule has 0 aliphatic heterocycles. The molecule has 0 aliphatic carbocycles. The molecule has 112 valence electrons. The van der Waals surface area contributed by atoms with Crippen molar-refractivity contribution in [2.75, 3.05) is 11.9 Å². The largest absolute Gasteiger partial charge is 0.326 e. The first-order chi connectivity index (χ1) is 10.7. The first kappa shape index (κ1) is 15.7. The molecule has 2 N–H and O–H groups in total. The molecule has 0 saturated carbocycles. The van der Waals surface area contributed by atoms with Crippen molar-refractivity contribution in [3.63, 3.8) is 0 Å². The maximum atomic E-state index is 11.9. The summed E-state index contributed by atoms with van der Waals surface area (Å²) in [5.74, 6) is -0.0668. The normalized spacial score (nSPS) is 11.5. The minimum Gasteiger partial charge on any atom is -0.326 e. The highest BCUT2D eigenvalue weighted by atomic mass is 16.1. The average Bonchev–Trinajstić information content (AvgIpc) is 2.55. The summed E-state index contributed by atoms with van der Waals surface area (Å²) in [4.78, 5) is 11.9. The van der Waals surface area contributed by atoms with Gasteiger partial charge in [0.1, 0.15) is 0 Å². The monoisotopic (exact) mass is 293 g/mol. The van der Waals surface area contributed by atoms with Gasteiger partial charge in [-0.25, -0.2) is 0 Å². The second kappa shape index (κ2) is 7.96. The van der Waals surface area contributed by atoms with Crippen molar-refractivity contribution in [3.05, 3.63) is 65.7 Å². The zero-order valence-corrected chi connectivity index (χ0v) is 12.5.